The summed E-state index contributed by atoms with van der Waals surface area (Å²) in [4.78, 5) is 15.1. The second kappa shape index (κ2) is 7.67. The number of ether oxygens (including phenoxy) is 1. The maximum atomic E-state index is 13.5. The summed E-state index contributed by atoms with van der Waals surface area (Å²) in [6.45, 7) is 2.39. The van der Waals surface area contributed by atoms with Gasteiger partial charge in [0.2, 0.25) is 0 Å². The highest BCUT2D eigenvalue weighted by atomic mass is 32.2. The summed E-state index contributed by atoms with van der Waals surface area (Å²) in [6, 6.07) is 13.3. The third-order valence-corrected chi connectivity index (χ3v) is 7.80. The van der Waals surface area contributed by atoms with E-state index in [1.54, 1.807) is 29.2 Å². The third kappa shape index (κ3) is 3.33. The summed E-state index contributed by atoms with van der Waals surface area (Å²) in [5.74, 6) is 0.425. The lowest BCUT2D eigenvalue weighted by atomic mass is 9.95. The monoisotopic (exact) mass is 453 g/mol. The fraction of sp³-hybridized carbons (Fsp3) is 0.304. The molecule has 0 unspecified atom stereocenters. The van der Waals surface area contributed by atoms with Crippen LogP contribution in [0.25, 0.3) is 11.3 Å². The van der Waals surface area contributed by atoms with Crippen LogP contribution in [0.5, 0.6) is 11.5 Å². The number of benzene rings is 2. The first-order chi connectivity index (χ1) is 15.4. The van der Waals surface area contributed by atoms with Gasteiger partial charge in [-0.2, -0.15) is 5.10 Å². The zero-order valence-corrected chi connectivity index (χ0v) is 18.3. The number of nitrogens with one attached hydrogen (secondary N) is 1. The Morgan fingerprint density at radius 3 is 2.75 bits per heavy atom. The number of fused-ring (bicyclic) bond motifs is 1. The molecular weight excluding hydrogens is 430 g/mol. The number of nitrogens with zero attached hydrogens (tertiary/aromatic N) is 2. The average Bonchev–Trinajstić information content (AvgIpc) is 3.42. The zero-order valence-electron chi connectivity index (χ0n) is 17.5. The molecule has 2 aromatic carbocycles. The Balaban J connectivity index is 1.69. The molecule has 9 heteroatoms. The number of aromatic amines is 1. The summed E-state index contributed by atoms with van der Waals surface area (Å²) < 4.78 is 30.1. The molecule has 32 heavy (non-hydrogen) atoms. The zero-order chi connectivity index (χ0) is 22.5. The number of amides is 1. The van der Waals surface area contributed by atoms with Crippen LogP contribution in [0.2, 0.25) is 0 Å². The van der Waals surface area contributed by atoms with Crippen LogP contribution in [0, 0.1) is 0 Å². The van der Waals surface area contributed by atoms with Crippen molar-refractivity contribution in [2.75, 3.05) is 18.1 Å². The van der Waals surface area contributed by atoms with Crippen LogP contribution in [0.1, 0.15) is 41.0 Å². The van der Waals surface area contributed by atoms with Gasteiger partial charge in [-0.3, -0.25) is 9.89 Å². The first kappa shape index (κ1) is 20.6. The summed E-state index contributed by atoms with van der Waals surface area (Å²) in [5, 5.41) is 17.6. The van der Waals surface area contributed by atoms with Gasteiger partial charge in [-0.15, -0.1) is 0 Å². The molecule has 1 aromatic heterocycles. The number of sulfone groups is 1. The second-order valence-electron chi connectivity index (χ2n) is 8.06. The van der Waals surface area contributed by atoms with Crippen molar-refractivity contribution in [3.8, 4) is 22.8 Å². The van der Waals surface area contributed by atoms with Crippen LogP contribution >= 0.6 is 0 Å². The molecule has 166 valence electrons. The number of aromatic hydroxyl groups is 1. The fourth-order valence-corrected chi connectivity index (χ4v) is 6.40. The molecule has 2 atom stereocenters. The Morgan fingerprint density at radius 1 is 1.22 bits per heavy atom. The summed E-state index contributed by atoms with van der Waals surface area (Å²) >= 11 is 0. The van der Waals surface area contributed by atoms with E-state index < -0.39 is 21.9 Å². The Bertz CT molecular complexity index is 1300. The lowest BCUT2D eigenvalue weighted by molar-refractivity contribution is 0.0677. The molecule has 5 rings (SSSR count). The average molecular weight is 454 g/mol. The van der Waals surface area contributed by atoms with E-state index in [2.05, 4.69) is 10.2 Å². The number of aromatic nitrogens is 2. The number of hydrogen-bond donors (Lipinski definition) is 2. The quantitative estimate of drug-likeness (QED) is 0.614. The number of hydrogen-bond acceptors (Lipinski definition) is 6. The number of carbonyl (C=O) groups is 1. The number of rotatable bonds is 5. The van der Waals surface area contributed by atoms with Gasteiger partial charge in [-0.1, -0.05) is 24.3 Å². The maximum absolute atomic E-state index is 13.5. The Hall–Kier alpha value is -3.33. The van der Waals surface area contributed by atoms with E-state index in [1.165, 1.54) is 0 Å². The molecule has 8 nitrogen and oxygen atoms in total. The van der Waals surface area contributed by atoms with Gasteiger partial charge in [0, 0.05) is 17.2 Å². The van der Waals surface area contributed by atoms with Crippen molar-refractivity contribution >= 4 is 15.7 Å². The highest BCUT2D eigenvalue weighted by Gasteiger charge is 2.48. The summed E-state index contributed by atoms with van der Waals surface area (Å²) in [6.07, 6.45) is 0.388. The molecule has 3 aromatic rings. The van der Waals surface area contributed by atoms with Gasteiger partial charge in [0.1, 0.15) is 22.9 Å². The van der Waals surface area contributed by atoms with Gasteiger partial charge in [0.15, 0.2) is 9.84 Å². The van der Waals surface area contributed by atoms with Gasteiger partial charge in [-0.25, -0.2) is 8.42 Å². The molecular formula is C23H23N3O5S. The van der Waals surface area contributed by atoms with Crippen molar-refractivity contribution in [3.63, 3.8) is 0 Å². The standard InChI is InChI=1S/C23H23N3O5S/c1-2-31-16-7-5-6-14(12-16)22-19-20(17-8-3-4-9-18(17)27)24-25-21(19)23(28)26(22)15-10-11-32(29,30)13-15/h3-9,12,15,22,27H,2,10-11,13H2,1H3,(H,24,25)/t15-,22+/m1/s1. The molecule has 1 saturated heterocycles. The van der Waals surface area contributed by atoms with Gasteiger partial charge >= 0.3 is 0 Å². The molecule has 1 amide bonds. The Labute approximate surface area is 185 Å². The van der Waals surface area contributed by atoms with Crippen LogP contribution in [0.3, 0.4) is 0 Å². The van der Waals surface area contributed by atoms with Crippen LogP contribution in [0.15, 0.2) is 48.5 Å². The molecule has 2 aliphatic rings. The van der Waals surface area contributed by atoms with E-state index in [0.717, 1.165) is 5.56 Å². The van der Waals surface area contributed by atoms with Crippen LogP contribution < -0.4 is 4.74 Å². The molecule has 2 N–H and O–H groups in total. The van der Waals surface area contributed by atoms with E-state index in [1.807, 2.05) is 31.2 Å². The number of para-hydroxylation sites is 1. The Kier molecular flexibility index (Phi) is 4.93. The summed E-state index contributed by atoms with van der Waals surface area (Å²) in [7, 11) is -3.20. The topological polar surface area (TPSA) is 113 Å². The van der Waals surface area contributed by atoms with Crippen molar-refractivity contribution in [2.45, 2.75) is 25.4 Å². The normalized spacial score (nSPS) is 21.7. The maximum Gasteiger partial charge on any atom is 0.273 e. The molecule has 3 heterocycles. The highest BCUT2D eigenvalue weighted by Crippen LogP contribution is 2.46. The predicted octanol–water partition coefficient (Wildman–Crippen LogP) is 2.91. The highest BCUT2D eigenvalue weighted by molar-refractivity contribution is 7.91. The van der Waals surface area contributed by atoms with Gasteiger partial charge < -0.3 is 14.7 Å². The van der Waals surface area contributed by atoms with Crippen molar-refractivity contribution in [2.24, 2.45) is 0 Å². The Morgan fingerprint density at radius 2 is 2.03 bits per heavy atom. The van der Waals surface area contributed by atoms with Gasteiger partial charge in [-0.05, 0) is 43.2 Å². The van der Waals surface area contributed by atoms with Crippen molar-refractivity contribution in [1.82, 2.24) is 15.1 Å². The molecule has 0 saturated carbocycles. The third-order valence-electron chi connectivity index (χ3n) is 6.05. The van der Waals surface area contributed by atoms with E-state index in [9.17, 15) is 18.3 Å². The molecule has 0 bridgehead atoms. The van der Waals surface area contributed by atoms with Crippen LogP contribution in [0.4, 0.5) is 0 Å². The first-order valence-electron chi connectivity index (χ1n) is 10.5. The molecule has 1 fully saturated rings. The minimum atomic E-state index is -3.20. The molecule has 2 aliphatic heterocycles. The summed E-state index contributed by atoms with van der Waals surface area (Å²) in [5.41, 5.74) is 2.73. The minimum Gasteiger partial charge on any atom is -0.507 e. The van der Waals surface area contributed by atoms with Crippen molar-refractivity contribution in [1.29, 1.82) is 0 Å². The number of H-pyrrole nitrogens is 1. The van der Waals surface area contributed by atoms with E-state index >= 15 is 0 Å². The van der Waals surface area contributed by atoms with E-state index in [0.29, 0.717) is 41.3 Å². The minimum absolute atomic E-state index is 0.0537. The van der Waals surface area contributed by atoms with Crippen molar-refractivity contribution in [3.05, 3.63) is 65.4 Å². The molecule has 0 radical (unpaired) electrons. The van der Waals surface area contributed by atoms with Crippen LogP contribution in [-0.4, -0.2) is 58.7 Å². The second-order valence-corrected chi connectivity index (χ2v) is 10.3. The number of phenolic OH excluding ortho intramolecular Hbond substituents is 1. The fourth-order valence-electron chi connectivity index (χ4n) is 4.68. The van der Waals surface area contributed by atoms with Gasteiger partial charge in [0.25, 0.3) is 5.91 Å². The first-order valence-corrected chi connectivity index (χ1v) is 12.3. The lowest BCUT2D eigenvalue weighted by Crippen LogP contribution is -2.40. The van der Waals surface area contributed by atoms with Crippen molar-refractivity contribution < 1.29 is 23.1 Å². The SMILES string of the molecule is CCOc1cccc([C@H]2c3c(-c4ccccc4O)n[nH]c3C(=O)N2[C@@H]2CCS(=O)(=O)C2)c1. The largest absolute Gasteiger partial charge is 0.507 e. The van der Waals surface area contributed by atoms with E-state index in [-0.39, 0.29) is 23.2 Å². The lowest BCUT2D eigenvalue weighted by Gasteiger charge is -2.31. The number of carbonyl (C=O) groups excluding carboxylic acids is 1. The number of phenols is 1. The van der Waals surface area contributed by atoms with Gasteiger partial charge in [0.05, 0.1) is 24.2 Å². The molecule has 0 aliphatic carbocycles. The smallest absolute Gasteiger partial charge is 0.273 e. The predicted molar refractivity (Wildman–Crippen MR) is 118 cm³/mol. The van der Waals surface area contributed by atoms with Crippen LogP contribution in [-0.2, 0) is 9.84 Å². The van der Waals surface area contributed by atoms with E-state index in [4.69, 9.17) is 4.74 Å². The molecule has 0 spiro atoms.